The van der Waals surface area contributed by atoms with Crippen molar-refractivity contribution in [3.05, 3.63) is 0 Å². The Bertz CT molecular complexity index is 322. The second-order valence-corrected chi connectivity index (χ2v) is 5.74. The van der Waals surface area contributed by atoms with Gasteiger partial charge < -0.3 is 4.90 Å². The highest BCUT2D eigenvalue weighted by Crippen LogP contribution is 2.41. The summed E-state index contributed by atoms with van der Waals surface area (Å²) in [5.41, 5.74) is -0.663. The summed E-state index contributed by atoms with van der Waals surface area (Å²) in [7, 11) is 1.87. The quantitative estimate of drug-likeness (QED) is 0.753. The van der Waals surface area contributed by atoms with Crippen molar-refractivity contribution in [2.24, 2.45) is 11.3 Å². The van der Waals surface area contributed by atoms with Gasteiger partial charge in [-0.2, -0.15) is 5.26 Å². The molecule has 0 atom stereocenters. The Balaban J connectivity index is 1.88. The molecule has 1 amide bonds. The van der Waals surface area contributed by atoms with Crippen molar-refractivity contribution in [2.45, 2.75) is 51.4 Å². The molecule has 0 aliphatic heterocycles. The summed E-state index contributed by atoms with van der Waals surface area (Å²) in [6, 6.07) is 2.24. The fourth-order valence-corrected chi connectivity index (χ4v) is 3.11. The fourth-order valence-electron chi connectivity index (χ4n) is 3.11. The molecule has 0 aromatic rings. The van der Waals surface area contributed by atoms with Crippen LogP contribution in [-0.4, -0.2) is 24.4 Å². The summed E-state index contributed by atoms with van der Waals surface area (Å²) in [6.45, 7) is 0.849. The van der Waals surface area contributed by atoms with Gasteiger partial charge in [-0.3, -0.25) is 4.79 Å². The lowest BCUT2D eigenvalue weighted by Gasteiger charge is -2.38. The molecule has 0 unspecified atom stereocenters. The van der Waals surface area contributed by atoms with E-state index in [0.29, 0.717) is 5.92 Å². The van der Waals surface area contributed by atoms with Crippen molar-refractivity contribution < 1.29 is 4.79 Å². The summed E-state index contributed by atoms with van der Waals surface area (Å²) in [5, 5.41) is 9.16. The third-order valence-electron chi connectivity index (χ3n) is 4.43. The van der Waals surface area contributed by atoms with Crippen LogP contribution in [-0.2, 0) is 4.79 Å². The normalized spacial score (nSPS) is 23.5. The van der Waals surface area contributed by atoms with Crippen molar-refractivity contribution in [1.29, 1.82) is 5.26 Å². The number of carbonyl (C=O) groups excluding carboxylic acids is 1. The first-order valence-corrected chi connectivity index (χ1v) is 6.85. The number of carbonyl (C=O) groups is 1. The molecular weight excluding hydrogens is 212 g/mol. The number of rotatable bonds is 3. The highest BCUT2D eigenvalue weighted by molar-refractivity contribution is 5.86. The summed E-state index contributed by atoms with van der Waals surface area (Å²) < 4.78 is 0. The van der Waals surface area contributed by atoms with Gasteiger partial charge in [-0.15, -0.1) is 0 Å². The van der Waals surface area contributed by atoms with E-state index in [2.05, 4.69) is 6.07 Å². The van der Waals surface area contributed by atoms with Crippen LogP contribution in [0, 0.1) is 22.7 Å². The molecule has 3 nitrogen and oxygen atoms in total. The molecule has 0 radical (unpaired) electrons. The van der Waals surface area contributed by atoms with Crippen molar-refractivity contribution in [3.8, 4) is 6.07 Å². The van der Waals surface area contributed by atoms with E-state index < -0.39 is 5.41 Å². The molecule has 2 aliphatic carbocycles. The van der Waals surface area contributed by atoms with Crippen LogP contribution in [0.25, 0.3) is 0 Å². The summed E-state index contributed by atoms with van der Waals surface area (Å²) in [4.78, 5) is 14.1. The van der Waals surface area contributed by atoms with Gasteiger partial charge in [0.05, 0.1) is 6.07 Å². The lowest BCUT2D eigenvalue weighted by molar-refractivity contribution is -0.142. The van der Waals surface area contributed by atoms with Gasteiger partial charge in [-0.1, -0.05) is 19.3 Å². The van der Waals surface area contributed by atoms with Gasteiger partial charge in [0.25, 0.3) is 0 Å². The molecule has 0 spiro atoms. The van der Waals surface area contributed by atoms with Crippen LogP contribution < -0.4 is 0 Å². The highest BCUT2D eigenvalue weighted by Gasteiger charge is 2.46. The average Bonchev–Trinajstić information content (AvgIpc) is 2.29. The molecule has 0 aromatic carbocycles. The van der Waals surface area contributed by atoms with Crippen LogP contribution in [0.5, 0.6) is 0 Å². The lowest BCUT2D eigenvalue weighted by Crippen LogP contribution is -2.47. The highest BCUT2D eigenvalue weighted by atomic mass is 16.2. The summed E-state index contributed by atoms with van der Waals surface area (Å²) >= 11 is 0. The first kappa shape index (κ1) is 12.4. The van der Waals surface area contributed by atoms with E-state index >= 15 is 0 Å². The molecule has 94 valence electrons. The van der Waals surface area contributed by atoms with Crippen LogP contribution in [0.3, 0.4) is 0 Å². The second kappa shape index (κ2) is 5.08. The van der Waals surface area contributed by atoms with Gasteiger partial charge in [-0.05, 0) is 38.0 Å². The number of nitriles is 1. The third-order valence-corrected chi connectivity index (χ3v) is 4.43. The molecule has 0 saturated heterocycles. The molecule has 0 N–H and O–H groups in total. The van der Waals surface area contributed by atoms with E-state index in [1.807, 2.05) is 11.9 Å². The minimum atomic E-state index is -0.663. The van der Waals surface area contributed by atoms with Crippen molar-refractivity contribution in [3.63, 3.8) is 0 Å². The number of nitrogens with zero attached hydrogens (tertiary/aromatic N) is 2. The van der Waals surface area contributed by atoms with Crippen LogP contribution in [0.1, 0.15) is 51.4 Å². The molecule has 2 aliphatic rings. The van der Waals surface area contributed by atoms with Crippen LogP contribution in [0.15, 0.2) is 0 Å². The van der Waals surface area contributed by atoms with Gasteiger partial charge in [0.15, 0.2) is 0 Å². The maximum Gasteiger partial charge on any atom is 0.242 e. The standard InChI is InChI=1S/C14H22N2O/c1-16(10-12-6-3-2-4-7-12)13(17)14(11-15)8-5-9-14/h12H,2-10H2,1H3. The van der Waals surface area contributed by atoms with E-state index in [4.69, 9.17) is 5.26 Å². The van der Waals surface area contributed by atoms with Crippen LogP contribution >= 0.6 is 0 Å². The average molecular weight is 234 g/mol. The maximum atomic E-state index is 12.3. The monoisotopic (exact) mass is 234 g/mol. The van der Waals surface area contributed by atoms with E-state index in [-0.39, 0.29) is 5.91 Å². The van der Waals surface area contributed by atoms with Gasteiger partial charge >= 0.3 is 0 Å². The van der Waals surface area contributed by atoms with E-state index in [0.717, 1.165) is 25.8 Å². The molecule has 0 heterocycles. The summed E-state index contributed by atoms with van der Waals surface area (Å²) in [6.07, 6.45) is 8.99. The molecule has 2 rings (SSSR count). The predicted octanol–water partition coefficient (Wildman–Crippen LogP) is 2.72. The zero-order chi connectivity index (χ0) is 12.3. The SMILES string of the molecule is CN(CC1CCCCC1)C(=O)C1(C#N)CCC1. The smallest absolute Gasteiger partial charge is 0.242 e. The minimum absolute atomic E-state index is 0.0665. The number of hydrogen-bond acceptors (Lipinski definition) is 2. The Kier molecular flexibility index (Phi) is 3.71. The third kappa shape index (κ3) is 2.46. The van der Waals surface area contributed by atoms with Gasteiger partial charge in [0, 0.05) is 13.6 Å². The van der Waals surface area contributed by atoms with E-state index in [1.165, 1.54) is 32.1 Å². The Hall–Kier alpha value is -1.04. The Morgan fingerprint density at radius 2 is 1.94 bits per heavy atom. The molecule has 3 heteroatoms. The summed E-state index contributed by atoms with van der Waals surface area (Å²) in [5.74, 6) is 0.727. The topological polar surface area (TPSA) is 44.1 Å². The molecule has 0 aromatic heterocycles. The van der Waals surface area contributed by atoms with Gasteiger partial charge in [-0.25, -0.2) is 0 Å². The zero-order valence-corrected chi connectivity index (χ0v) is 10.7. The first-order chi connectivity index (χ1) is 8.18. The molecule has 2 fully saturated rings. The van der Waals surface area contributed by atoms with Crippen molar-refractivity contribution >= 4 is 5.91 Å². The Morgan fingerprint density at radius 1 is 1.29 bits per heavy atom. The Morgan fingerprint density at radius 3 is 2.41 bits per heavy atom. The lowest BCUT2D eigenvalue weighted by atomic mass is 9.69. The fraction of sp³-hybridized carbons (Fsp3) is 0.857. The molecule has 17 heavy (non-hydrogen) atoms. The van der Waals surface area contributed by atoms with Crippen LogP contribution in [0.4, 0.5) is 0 Å². The molecule has 2 saturated carbocycles. The minimum Gasteiger partial charge on any atom is -0.344 e. The van der Waals surface area contributed by atoms with Crippen molar-refractivity contribution in [2.75, 3.05) is 13.6 Å². The Labute approximate surface area is 104 Å². The van der Waals surface area contributed by atoms with Crippen molar-refractivity contribution in [1.82, 2.24) is 4.90 Å². The maximum absolute atomic E-state index is 12.3. The second-order valence-electron chi connectivity index (χ2n) is 5.74. The van der Waals surface area contributed by atoms with E-state index in [1.54, 1.807) is 0 Å². The zero-order valence-electron chi connectivity index (χ0n) is 10.7. The molecular formula is C14H22N2O. The van der Waals surface area contributed by atoms with Crippen LogP contribution in [0.2, 0.25) is 0 Å². The van der Waals surface area contributed by atoms with E-state index in [9.17, 15) is 4.79 Å². The number of hydrogen-bond donors (Lipinski definition) is 0. The largest absolute Gasteiger partial charge is 0.344 e. The van der Waals surface area contributed by atoms with Gasteiger partial charge in [0.1, 0.15) is 5.41 Å². The predicted molar refractivity (Wildman–Crippen MR) is 66.1 cm³/mol. The number of amides is 1. The first-order valence-electron chi connectivity index (χ1n) is 6.85. The van der Waals surface area contributed by atoms with Gasteiger partial charge in [0.2, 0.25) is 5.91 Å². The molecule has 0 bridgehead atoms.